The Labute approximate surface area is 136 Å². The smallest absolute Gasteiger partial charge is 0.337 e. The summed E-state index contributed by atoms with van der Waals surface area (Å²) in [5.41, 5.74) is 0.230. The van der Waals surface area contributed by atoms with Gasteiger partial charge in [0.1, 0.15) is 5.69 Å². The maximum absolute atomic E-state index is 12.7. The molecular formula is C18H12N2O4. The number of anilines is 1. The Bertz CT molecular complexity index is 966. The van der Waals surface area contributed by atoms with Crippen molar-refractivity contribution in [2.45, 2.75) is 0 Å². The minimum atomic E-state index is -1.16. The summed E-state index contributed by atoms with van der Waals surface area (Å²) in [6.45, 7) is 0. The predicted octanol–water partition coefficient (Wildman–Crippen LogP) is 4.19. The minimum absolute atomic E-state index is 0.000920. The van der Waals surface area contributed by atoms with E-state index >= 15 is 0 Å². The number of carboxylic acid groups (broad SMARTS) is 1. The monoisotopic (exact) mass is 320 g/mol. The van der Waals surface area contributed by atoms with Gasteiger partial charge in [0.15, 0.2) is 0 Å². The number of nitrogens with zero attached hydrogens (tertiary/aromatic N) is 1. The molecule has 2 N–H and O–H groups in total. The number of amides is 1. The SMILES string of the molecule is O=Nc1ccc2ccccc2c1C(=O)Nc1ccccc1C(=O)O. The molecule has 0 aliphatic carbocycles. The van der Waals surface area contributed by atoms with E-state index in [0.717, 1.165) is 5.39 Å². The molecule has 1 amide bonds. The molecule has 0 saturated carbocycles. The number of fused-ring (bicyclic) bond motifs is 1. The lowest BCUT2D eigenvalue weighted by Crippen LogP contribution is -2.15. The quantitative estimate of drug-likeness (QED) is 0.704. The van der Waals surface area contributed by atoms with E-state index in [1.807, 2.05) is 12.1 Å². The van der Waals surface area contributed by atoms with Crippen LogP contribution in [0.2, 0.25) is 0 Å². The van der Waals surface area contributed by atoms with Crippen LogP contribution in [-0.2, 0) is 0 Å². The van der Waals surface area contributed by atoms with Crippen LogP contribution in [0.25, 0.3) is 10.8 Å². The molecule has 0 fully saturated rings. The van der Waals surface area contributed by atoms with Crippen LogP contribution in [-0.4, -0.2) is 17.0 Å². The Hall–Kier alpha value is -3.54. The fourth-order valence-electron chi connectivity index (χ4n) is 2.54. The Balaban J connectivity index is 2.10. The summed E-state index contributed by atoms with van der Waals surface area (Å²) in [4.78, 5) is 35.0. The molecule has 0 spiro atoms. The zero-order valence-electron chi connectivity index (χ0n) is 12.4. The van der Waals surface area contributed by atoms with Gasteiger partial charge in [-0.15, -0.1) is 4.91 Å². The molecule has 24 heavy (non-hydrogen) atoms. The van der Waals surface area contributed by atoms with Gasteiger partial charge in [0.2, 0.25) is 0 Å². The average Bonchev–Trinajstić information content (AvgIpc) is 2.60. The van der Waals surface area contributed by atoms with Crippen LogP contribution in [0.15, 0.2) is 65.8 Å². The highest BCUT2D eigenvalue weighted by Gasteiger charge is 2.18. The molecule has 0 aliphatic rings. The highest BCUT2D eigenvalue weighted by molar-refractivity contribution is 6.17. The summed E-state index contributed by atoms with van der Waals surface area (Å²) >= 11 is 0. The van der Waals surface area contributed by atoms with Gasteiger partial charge in [-0.3, -0.25) is 4.79 Å². The molecule has 118 valence electrons. The van der Waals surface area contributed by atoms with Gasteiger partial charge in [0, 0.05) is 0 Å². The van der Waals surface area contributed by atoms with Crippen molar-refractivity contribution < 1.29 is 14.7 Å². The number of hydrogen-bond donors (Lipinski definition) is 2. The van der Waals surface area contributed by atoms with E-state index in [0.29, 0.717) is 5.39 Å². The first kappa shape index (κ1) is 15.4. The van der Waals surface area contributed by atoms with Gasteiger partial charge in [0.25, 0.3) is 5.91 Å². The van der Waals surface area contributed by atoms with Gasteiger partial charge in [-0.25, -0.2) is 4.79 Å². The van der Waals surface area contributed by atoms with Crippen molar-refractivity contribution >= 4 is 34.0 Å². The van der Waals surface area contributed by atoms with E-state index in [1.165, 1.54) is 18.2 Å². The third-order valence-corrected chi connectivity index (χ3v) is 3.64. The van der Waals surface area contributed by atoms with Gasteiger partial charge in [0.05, 0.1) is 16.8 Å². The van der Waals surface area contributed by atoms with Crippen molar-refractivity contribution in [3.8, 4) is 0 Å². The number of rotatable bonds is 4. The van der Waals surface area contributed by atoms with Crippen LogP contribution in [0, 0.1) is 4.91 Å². The lowest BCUT2D eigenvalue weighted by Gasteiger charge is -2.11. The fourth-order valence-corrected chi connectivity index (χ4v) is 2.54. The Morgan fingerprint density at radius 2 is 1.62 bits per heavy atom. The van der Waals surface area contributed by atoms with Gasteiger partial charge in [-0.05, 0) is 34.1 Å². The summed E-state index contributed by atoms with van der Waals surface area (Å²) in [6, 6.07) is 16.3. The number of aromatic carboxylic acids is 1. The molecule has 0 saturated heterocycles. The second kappa shape index (κ2) is 6.29. The lowest BCUT2D eigenvalue weighted by atomic mass is 10.0. The number of hydrogen-bond acceptors (Lipinski definition) is 4. The van der Waals surface area contributed by atoms with Crippen molar-refractivity contribution in [3.05, 3.63) is 76.7 Å². The molecule has 0 unspecified atom stereocenters. The van der Waals surface area contributed by atoms with Crippen LogP contribution in [0.5, 0.6) is 0 Å². The Morgan fingerprint density at radius 3 is 2.38 bits per heavy atom. The van der Waals surface area contributed by atoms with Crippen LogP contribution < -0.4 is 5.32 Å². The molecule has 0 heterocycles. The Morgan fingerprint density at radius 1 is 0.917 bits per heavy atom. The summed E-state index contributed by atoms with van der Waals surface area (Å²) in [5, 5.41) is 16.0. The van der Waals surface area contributed by atoms with Crippen molar-refractivity contribution in [3.63, 3.8) is 0 Å². The second-order valence-electron chi connectivity index (χ2n) is 5.08. The molecule has 6 nitrogen and oxygen atoms in total. The van der Waals surface area contributed by atoms with Crippen LogP contribution >= 0.6 is 0 Å². The summed E-state index contributed by atoms with van der Waals surface area (Å²) in [5.74, 6) is -1.74. The van der Waals surface area contributed by atoms with E-state index in [2.05, 4.69) is 10.5 Å². The second-order valence-corrected chi connectivity index (χ2v) is 5.08. The summed E-state index contributed by atoms with van der Waals surface area (Å²) in [6.07, 6.45) is 0. The molecule has 3 aromatic rings. The number of benzene rings is 3. The summed E-state index contributed by atoms with van der Waals surface area (Å²) in [7, 11) is 0. The van der Waals surface area contributed by atoms with Crippen molar-refractivity contribution in [2.24, 2.45) is 5.18 Å². The average molecular weight is 320 g/mol. The fraction of sp³-hybridized carbons (Fsp3) is 0. The number of carbonyl (C=O) groups is 2. The lowest BCUT2D eigenvalue weighted by molar-refractivity contribution is 0.0698. The molecule has 3 rings (SSSR count). The van der Waals surface area contributed by atoms with Crippen LogP contribution in [0.4, 0.5) is 11.4 Å². The minimum Gasteiger partial charge on any atom is -0.478 e. The van der Waals surface area contributed by atoms with Crippen molar-refractivity contribution in [1.82, 2.24) is 0 Å². The molecule has 0 bridgehead atoms. The molecular weight excluding hydrogens is 308 g/mol. The van der Waals surface area contributed by atoms with Crippen LogP contribution in [0.1, 0.15) is 20.7 Å². The number of para-hydroxylation sites is 1. The molecule has 3 aromatic carbocycles. The maximum Gasteiger partial charge on any atom is 0.337 e. The largest absolute Gasteiger partial charge is 0.478 e. The van der Waals surface area contributed by atoms with E-state index in [4.69, 9.17) is 0 Å². The third kappa shape index (κ3) is 2.72. The third-order valence-electron chi connectivity index (χ3n) is 3.64. The Kier molecular flexibility index (Phi) is 4.03. The topological polar surface area (TPSA) is 95.8 Å². The number of nitroso groups, excluding NO2 is 1. The van der Waals surface area contributed by atoms with E-state index < -0.39 is 11.9 Å². The summed E-state index contributed by atoms with van der Waals surface area (Å²) < 4.78 is 0. The highest BCUT2D eigenvalue weighted by Crippen LogP contribution is 2.29. The van der Waals surface area contributed by atoms with Gasteiger partial charge >= 0.3 is 5.97 Å². The van der Waals surface area contributed by atoms with Gasteiger partial charge < -0.3 is 10.4 Å². The zero-order chi connectivity index (χ0) is 17.1. The predicted molar refractivity (Wildman–Crippen MR) is 90.8 cm³/mol. The van der Waals surface area contributed by atoms with E-state index in [1.54, 1.807) is 30.3 Å². The van der Waals surface area contributed by atoms with Crippen molar-refractivity contribution in [2.75, 3.05) is 5.32 Å². The van der Waals surface area contributed by atoms with Gasteiger partial charge in [-0.2, -0.15) is 0 Å². The molecule has 0 radical (unpaired) electrons. The molecule has 0 atom stereocenters. The molecule has 6 heteroatoms. The first-order chi connectivity index (χ1) is 11.6. The highest BCUT2D eigenvalue weighted by atomic mass is 16.4. The molecule has 0 aliphatic heterocycles. The standard InChI is InChI=1S/C18H12N2O4/c21-17(19-14-8-4-3-7-13(14)18(22)23)16-12-6-2-1-5-11(12)9-10-15(16)20-24/h1-10H,(H,19,21)(H,22,23). The first-order valence-electron chi connectivity index (χ1n) is 7.10. The normalized spacial score (nSPS) is 10.3. The number of nitrogens with one attached hydrogen (secondary N) is 1. The van der Waals surface area contributed by atoms with Crippen molar-refractivity contribution in [1.29, 1.82) is 0 Å². The van der Waals surface area contributed by atoms with E-state index in [-0.39, 0.29) is 22.5 Å². The first-order valence-corrected chi connectivity index (χ1v) is 7.10. The van der Waals surface area contributed by atoms with Crippen LogP contribution in [0.3, 0.4) is 0 Å². The van der Waals surface area contributed by atoms with Gasteiger partial charge in [-0.1, -0.05) is 42.5 Å². The maximum atomic E-state index is 12.7. The number of carboxylic acids is 1. The number of carbonyl (C=O) groups excluding carboxylic acids is 1. The molecule has 0 aromatic heterocycles. The zero-order valence-corrected chi connectivity index (χ0v) is 12.4. The van der Waals surface area contributed by atoms with E-state index in [9.17, 15) is 19.6 Å².